The predicted octanol–water partition coefficient (Wildman–Crippen LogP) is -1.70. The number of carbonyl (C=O) groups is 2. The zero-order valence-corrected chi connectivity index (χ0v) is 45.4. The van der Waals surface area contributed by atoms with E-state index in [1.54, 1.807) is 21.8 Å². The van der Waals surface area contributed by atoms with Gasteiger partial charge in [0.25, 0.3) is 10.9 Å². The second-order valence-corrected chi connectivity index (χ2v) is 22.2. The Morgan fingerprint density at radius 2 is 0.902 bits per heavy atom. The molecule has 30 heteroatoms. The molecule has 2 amide bonds. The first-order valence-corrected chi connectivity index (χ1v) is 27.9. The maximum absolute atomic E-state index is 13.1. The van der Waals surface area contributed by atoms with E-state index in [9.17, 15) is 49.8 Å². The minimum atomic E-state index is -1.29. The first-order valence-electron chi connectivity index (χ1n) is 27.9. The van der Waals surface area contributed by atoms with E-state index >= 15 is 0 Å². The highest BCUT2D eigenvalue weighted by molar-refractivity contribution is 5.86. The second-order valence-electron chi connectivity index (χ2n) is 22.2. The summed E-state index contributed by atoms with van der Waals surface area (Å²) in [5.74, 6) is 0.230. The topological polar surface area (TPSA) is 409 Å². The number of aryl methyl sites for hydroxylation is 2. The number of aromatic nitrogens is 12. The summed E-state index contributed by atoms with van der Waals surface area (Å²) in [4.78, 5) is 87.7. The van der Waals surface area contributed by atoms with Gasteiger partial charge < -0.3 is 91.4 Å². The minimum absolute atomic E-state index is 0.0432. The van der Waals surface area contributed by atoms with E-state index in [0.29, 0.717) is 135 Å². The van der Waals surface area contributed by atoms with Gasteiger partial charge in [-0.25, -0.2) is 19.9 Å². The Bertz CT molecular complexity index is 3240. The van der Waals surface area contributed by atoms with Crippen LogP contribution in [-0.2, 0) is 36.5 Å². The van der Waals surface area contributed by atoms with Crippen LogP contribution in [0.1, 0.15) is 87.7 Å². The molecule has 4 fully saturated rings. The van der Waals surface area contributed by atoms with E-state index in [1.807, 2.05) is 35.6 Å². The Morgan fingerprint density at radius 3 is 1.26 bits per heavy atom. The Hall–Kier alpha value is -7.90. The minimum Gasteiger partial charge on any atom is -0.388 e. The molecule has 6 heterocycles. The number of nitrogens with one attached hydrogen (secondary N) is 8. The normalized spacial score (nSPS) is 26.5. The van der Waals surface area contributed by atoms with Crippen molar-refractivity contribution in [3.63, 3.8) is 0 Å². The Kier molecular flexibility index (Phi) is 16.3. The molecule has 11 rings (SSSR count). The fourth-order valence-corrected chi connectivity index (χ4v) is 12.1. The van der Waals surface area contributed by atoms with Crippen molar-refractivity contribution in [2.45, 2.75) is 150 Å². The molecule has 7 aromatic rings. The fourth-order valence-electron chi connectivity index (χ4n) is 12.1. The van der Waals surface area contributed by atoms with Crippen LogP contribution in [0.15, 0.2) is 47.3 Å². The molecule has 0 aliphatic heterocycles. The van der Waals surface area contributed by atoms with E-state index in [1.165, 1.54) is 12.7 Å². The van der Waals surface area contributed by atoms with Gasteiger partial charge >= 0.3 is 0 Å². The third kappa shape index (κ3) is 11.8. The molecule has 30 nitrogen and oxygen atoms in total. The lowest BCUT2D eigenvalue weighted by atomic mass is 9.90. The number of hydrogen-bond donors (Lipinski definition) is 14. The Balaban J connectivity index is 0.719. The van der Waals surface area contributed by atoms with E-state index < -0.39 is 84.5 Å². The van der Waals surface area contributed by atoms with Crippen LogP contribution >= 0.6 is 0 Å². The molecule has 4 aliphatic rings. The summed E-state index contributed by atoms with van der Waals surface area (Å²) in [6, 6.07) is -3.26. The Labute approximate surface area is 468 Å². The van der Waals surface area contributed by atoms with Crippen molar-refractivity contribution < 1.29 is 40.2 Å². The average Bonchev–Trinajstić information content (AvgIpc) is 4.30. The second kappa shape index (κ2) is 23.9. The van der Waals surface area contributed by atoms with Gasteiger partial charge in [-0.1, -0.05) is 0 Å². The van der Waals surface area contributed by atoms with Crippen molar-refractivity contribution in [3.05, 3.63) is 69.5 Å². The van der Waals surface area contributed by atoms with Gasteiger partial charge in [-0.2, -0.15) is 19.9 Å². The van der Waals surface area contributed by atoms with Crippen molar-refractivity contribution in [2.24, 2.45) is 14.1 Å². The lowest BCUT2D eigenvalue weighted by Gasteiger charge is -2.33. The van der Waals surface area contributed by atoms with Crippen molar-refractivity contribution in [1.29, 1.82) is 0 Å². The predicted molar refractivity (Wildman–Crippen MR) is 299 cm³/mol. The van der Waals surface area contributed by atoms with Crippen LogP contribution in [0, 0.1) is 0 Å². The smallest absolute Gasteiger partial charge is 0.253 e. The molecule has 0 saturated heterocycles. The summed E-state index contributed by atoms with van der Waals surface area (Å²) < 4.78 is 7.10. The van der Waals surface area contributed by atoms with Gasteiger partial charge in [-0.05, 0) is 64.2 Å². The highest BCUT2D eigenvalue weighted by atomic mass is 16.3. The number of hydrogen-bond acceptors (Lipinski definition) is 24. The number of imidazole rings is 4. The standard InChI is InChI=1S/C52H70N20O10/c1-69-17-29(55-21-69)11-13-53-51-65-47(39-49(67-51)71(23-57-39)33-15-31(41(77)43(33)79)63-35(75)19-73)61-27-7-3-25(4-8-27)59-37-38(46(82)45(37)81)60-26-5-9-28(10-6-26)62-48-40-50(68-52(66-48)54-14-12-30-18-70(2)22-56-30)72(24-58-40)34-16-32(42(78)44(34)80)64-36(76)20-74/h17-18,21-28,31-34,41-44,59-60,73-74,77-80H,3-16,19-20H2,1-2H3,(H,63,75)(H,64,76)(H2,53,61,65,67)(H2,54,62,66,68)/t25?,26?,27?,28?,31-,32-,33+,34+,41+,42+,43-,44-/m0/s1. The monoisotopic (exact) mass is 1130 g/mol. The molecule has 1 aromatic carbocycles. The summed E-state index contributed by atoms with van der Waals surface area (Å²) in [7, 11) is 3.79. The molecule has 4 aliphatic carbocycles. The zero-order chi connectivity index (χ0) is 57.3. The highest BCUT2D eigenvalue weighted by Gasteiger charge is 2.45. The summed E-state index contributed by atoms with van der Waals surface area (Å²) in [5, 5.41) is 88.4. The molecule has 438 valence electrons. The molecule has 82 heavy (non-hydrogen) atoms. The molecule has 14 N–H and O–H groups in total. The molecular formula is C52H70N20O10. The van der Waals surface area contributed by atoms with Crippen molar-refractivity contribution in [3.8, 4) is 0 Å². The first-order chi connectivity index (χ1) is 39.6. The zero-order valence-electron chi connectivity index (χ0n) is 45.4. The van der Waals surface area contributed by atoms with Gasteiger partial charge in [-0.3, -0.25) is 19.2 Å². The number of nitrogens with zero attached hydrogens (tertiary/aromatic N) is 12. The third-order valence-electron chi connectivity index (χ3n) is 16.4. The molecule has 6 aromatic heterocycles. The third-order valence-corrected chi connectivity index (χ3v) is 16.4. The number of amides is 2. The van der Waals surface area contributed by atoms with Gasteiger partial charge in [0.15, 0.2) is 34.0 Å². The molecule has 8 atom stereocenters. The summed E-state index contributed by atoms with van der Waals surface area (Å²) >= 11 is 0. The SMILES string of the molecule is Cn1cnc(CCNc2nc(NC3CCC(Nc4c(NC5CCC(Nc6nc(NCCc7cn(C)cn7)nc7c6ncn7[C@@H]6C[C@H](NC(=O)CO)[C@@H](O)[C@H]6O)CC5)c(=O)c4=O)CC3)c3ncn([C@@H]4C[C@H](NC(=O)CO)[C@@H](O)[C@H]4O)c3n2)c1. The Morgan fingerprint density at radius 1 is 0.524 bits per heavy atom. The lowest BCUT2D eigenvalue weighted by Crippen LogP contribution is -2.44. The van der Waals surface area contributed by atoms with Crippen LogP contribution < -0.4 is 53.4 Å². The van der Waals surface area contributed by atoms with Crippen LogP contribution in [0.3, 0.4) is 0 Å². The fraction of sp³-hybridized carbons (Fsp3) is 0.577. The van der Waals surface area contributed by atoms with E-state index in [0.717, 1.165) is 11.4 Å². The summed E-state index contributed by atoms with van der Waals surface area (Å²) in [5.41, 5.74) is 2.97. The average molecular weight is 1140 g/mol. The molecule has 0 spiro atoms. The maximum Gasteiger partial charge on any atom is 0.253 e. The summed E-state index contributed by atoms with van der Waals surface area (Å²) in [6.07, 6.45) is 12.3. The van der Waals surface area contributed by atoms with E-state index in [4.69, 9.17) is 19.9 Å². The van der Waals surface area contributed by atoms with Gasteiger partial charge in [0.1, 0.15) is 49.0 Å². The van der Waals surface area contributed by atoms with Gasteiger partial charge in [0.05, 0.1) is 60.9 Å². The maximum atomic E-state index is 13.1. The molecule has 0 radical (unpaired) electrons. The molecular weight excluding hydrogens is 1060 g/mol. The number of aliphatic hydroxyl groups is 6. The molecule has 0 bridgehead atoms. The van der Waals surface area contributed by atoms with Crippen LogP contribution in [0.2, 0.25) is 0 Å². The lowest BCUT2D eigenvalue weighted by molar-refractivity contribution is -0.126. The van der Waals surface area contributed by atoms with Gasteiger partial charge in [0.2, 0.25) is 23.7 Å². The number of carbonyl (C=O) groups excluding carboxylic acids is 2. The van der Waals surface area contributed by atoms with Crippen LogP contribution in [0.25, 0.3) is 22.3 Å². The van der Waals surface area contributed by atoms with Crippen molar-refractivity contribution >= 4 is 69.0 Å². The van der Waals surface area contributed by atoms with Crippen molar-refractivity contribution in [1.82, 2.24) is 68.8 Å². The summed E-state index contributed by atoms with van der Waals surface area (Å²) in [6.45, 7) is -0.572. The largest absolute Gasteiger partial charge is 0.388 e. The van der Waals surface area contributed by atoms with Crippen LogP contribution in [0.5, 0.6) is 0 Å². The van der Waals surface area contributed by atoms with Crippen molar-refractivity contribution in [2.75, 3.05) is 58.2 Å². The first kappa shape index (κ1) is 56.0. The number of rotatable bonds is 22. The molecule has 4 saturated carbocycles. The van der Waals surface area contributed by atoms with E-state index in [-0.39, 0.29) is 37.0 Å². The van der Waals surface area contributed by atoms with Crippen LogP contribution in [-0.4, -0.2) is 188 Å². The van der Waals surface area contributed by atoms with Gasteiger partial charge in [0, 0.05) is 76.6 Å². The number of anilines is 6. The highest BCUT2D eigenvalue weighted by Crippen LogP contribution is 2.38. The quantitative estimate of drug-likeness (QED) is 0.0336. The number of fused-ring (bicyclic) bond motifs is 2. The van der Waals surface area contributed by atoms with Crippen LogP contribution in [0.4, 0.5) is 34.9 Å². The van der Waals surface area contributed by atoms with Gasteiger partial charge in [-0.15, -0.1) is 0 Å². The number of aliphatic hydroxyl groups excluding tert-OH is 6. The molecule has 0 unspecified atom stereocenters. The van der Waals surface area contributed by atoms with E-state index in [2.05, 4.69) is 62.5 Å².